The minimum Gasteiger partial charge on any atom is -0.395 e. The van der Waals surface area contributed by atoms with Crippen LogP contribution in [0.3, 0.4) is 0 Å². The van der Waals surface area contributed by atoms with E-state index >= 15 is 0 Å². The van der Waals surface area contributed by atoms with Gasteiger partial charge in [0, 0.05) is 9.72 Å². The lowest BCUT2D eigenvalue weighted by molar-refractivity contribution is 0.154. The second-order valence-corrected chi connectivity index (χ2v) is 7.48. The Kier molecular flexibility index (Phi) is 3.51. The molecular weight excluding hydrogens is 346 g/mol. The lowest BCUT2D eigenvalue weighted by Crippen LogP contribution is -2.14. The van der Waals surface area contributed by atoms with Gasteiger partial charge in [-0.15, -0.1) is 11.8 Å². The molecule has 3 atom stereocenters. The molecule has 0 bridgehead atoms. The number of hydrogen-bond acceptors (Lipinski definition) is 3. The molecule has 0 amide bonds. The van der Waals surface area contributed by atoms with Crippen molar-refractivity contribution in [1.29, 1.82) is 0 Å². The Labute approximate surface area is 136 Å². The average Bonchev–Trinajstić information content (AvgIpc) is 3.11. The van der Waals surface area contributed by atoms with Crippen molar-refractivity contribution in [3.63, 3.8) is 0 Å². The van der Waals surface area contributed by atoms with E-state index in [-0.39, 0.29) is 0 Å². The second kappa shape index (κ2) is 5.50. The van der Waals surface area contributed by atoms with Crippen LogP contribution in [-0.4, -0.2) is 12.3 Å². The van der Waals surface area contributed by atoms with Crippen LogP contribution in [0.2, 0.25) is 0 Å². The van der Waals surface area contributed by atoms with Gasteiger partial charge in [0.1, 0.15) is 6.61 Å². The number of benzene rings is 2. The summed E-state index contributed by atoms with van der Waals surface area (Å²) in [6.07, 6.45) is 0. The Bertz CT molecular complexity index is 671. The number of nitrogens with zero attached hydrogens (tertiary/aromatic N) is 1. The molecule has 21 heavy (non-hydrogen) atoms. The summed E-state index contributed by atoms with van der Waals surface area (Å²) in [7, 11) is 0. The first-order chi connectivity index (χ1) is 10.3. The summed E-state index contributed by atoms with van der Waals surface area (Å²) < 4.78 is 1.11. The highest BCUT2D eigenvalue weighted by atomic mass is 79.9. The molecule has 4 heteroatoms. The van der Waals surface area contributed by atoms with Gasteiger partial charge in [-0.1, -0.05) is 63.6 Å². The quantitative estimate of drug-likeness (QED) is 0.753. The van der Waals surface area contributed by atoms with Gasteiger partial charge < -0.3 is 4.84 Å². The fourth-order valence-corrected chi connectivity index (χ4v) is 4.93. The van der Waals surface area contributed by atoms with Crippen molar-refractivity contribution in [2.24, 2.45) is 11.1 Å². The topological polar surface area (TPSA) is 21.6 Å². The monoisotopic (exact) mass is 359 g/mol. The van der Waals surface area contributed by atoms with Crippen molar-refractivity contribution in [3.05, 3.63) is 70.2 Å². The lowest BCUT2D eigenvalue weighted by Gasteiger charge is -2.15. The maximum atomic E-state index is 5.40. The van der Waals surface area contributed by atoms with Gasteiger partial charge in [-0.3, -0.25) is 0 Å². The molecule has 0 aromatic heterocycles. The summed E-state index contributed by atoms with van der Waals surface area (Å²) in [5.74, 6) is 0.394. The third-order valence-electron chi connectivity index (χ3n) is 4.02. The predicted octanol–water partition coefficient (Wildman–Crippen LogP) is 4.98. The van der Waals surface area contributed by atoms with Gasteiger partial charge in [0.25, 0.3) is 0 Å². The van der Waals surface area contributed by atoms with E-state index in [4.69, 9.17) is 4.84 Å². The SMILES string of the molecule is Brc1ccc([C@@H]2S[C@H](c3ccccc3)[C@@H]3CON=C23)cc1. The number of halogens is 1. The van der Waals surface area contributed by atoms with Gasteiger partial charge >= 0.3 is 0 Å². The zero-order valence-corrected chi connectivity index (χ0v) is 13.7. The minimum absolute atomic E-state index is 0.302. The molecule has 0 spiro atoms. The maximum Gasteiger partial charge on any atom is 0.126 e. The van der Waals surface area contributed by atoms with Gasteiger partial charge in [-0.05, 0) is 23.3 Å². The normalized spacial score (nSPS) is 27.1. The molecule has 2 aliphatic rings. The van der Waals surface area contributed by atoms with Crippen LogP contribution in [-0.2, 0) is 4.84 Å². The summed E-state index contributed by atoms with van der Waals surface area (Å²) in [6, 6.07) is 19.2. The van der Waals surface area contributed by atoms with Crippen molar-refractivity contribution in [2.75, 3.05) is 6.61 Å². The van der Waals surface area contributed by atoms with E-state index in [0.717, 1.165) is 4.47 Å². The molecule has 0 saturated carbocycles. The van der Waals surface area contributed by atoms with E-state index in [1.165, 1.54) is 16.8 Å². The lowest BCUT2D eigenvalue weighted by atomic mass is 9.92. The molecule has 1 saturated heterocycles. The molecule has 2 aromatic carbocycles. The van der Waals surface area contributed by atoms with E-state index < -0.39 is 0 Å². The highest BCUT2D eigenvalue weighted by molar-refractivity contribution is 9.10. The van der Waals surface area contributed by atoms with Crippen LogP contribution < -0.4 is 0 Å². The molecule has 2 heterocycles. The van der Waals surface area contributed by atoms with Crippen molar-refractivity contribution < 1.29 is 4.84 Å². The van der Waals surface area contributed by atoms with Crippen LogP contribution in [0.4, 0.5) is 0 Å². The number of hydrogen-bond donors (Lipinski definition) is 0. The zero-order chi connectivity index (χ0) is 14.2. The van der Waals surface area contributed by atoms with Gasteiger partial charge in [-0.25, -0.2) is 0 Å². The van der Waals surface area contributed by atoms with Crippen molar-refractivity contribution in [3.8, 4) is 0 Å². The van der Waals surface area contributed by atoms with Crippen LogP contribution in [0.1, 0.15) is 21.6 Å². The molecule has 4 rings (SSSR count). The van der Waals surface area contributed by atoms with E-state index in [2.05, 4.69) is 75.7 Å². The van der Waals surface area contributed by atoms with Crippen molar-refractivity contribution in [1.82, 2.24) is 0 Å². The summed E-state index contributed by atoms with van der Waals surface area (Å²) in [5.41, 5.74) is 3.86. The molecule has 0 N–H and O–H groups in total. The first-order valence-electron chi connectivity index (χ1n) is 6.98. The van der Waals surface area contributed by atoms with Crippen LogP contribution in [0, 0.1) is 5.92 Å². The Balaban J connectivity index is 1.69. The summed E-state index contributed by atoms with van der Waals surface area (Å²) in [4.78, 5) is 5.40. The smallest absolute Gasteiger partial charge is 0.126 e. The fraction of sp³-hybridized carbons (Fsp3) is 0.235. The third kappa shape index (κ3) is 2.40. The molecule has 1 fully saturated rings. The molecule has 0 radical (unpaired) electrons. The highest BCUT2D eigenvalue weighted by Crippen LogP contribution is 2.55. The number of fused-ring (bicyclic) bond motifs is 1. The Morgan fingerprint density at radius 2 is 1.76 bits per heavy atom. The standard InChI is InChI=1S/C17H14BrNOS/c18-13-8-6-12(7-9-13)17-15-14(10-20-19-15)16(21-17)11-4-2-1-3-5-11/h1-9,14,16-17H,10H2/t14-,16-,17+/m1/s1. The van der Waals surface area contributed by atoms with E-state index in [0.29, 0.717) is 23.0 Å². The molecule has 0 aliphatic carbocycles. The first-order valence-corrected chi connectivity index (χ1v) is 8.72. The first kappa shape index (κ1) is 13.4. The molecule has 0 unspecified atom stereocenters. The summed E-state index contributed by atoms with van der Waals surface area (Å²) >= 11 is 5.49. The molecule has 106 valence electrons. The second-order valence-electron chi connectivity index (χ2n) is 5.32. The predicted molar refractivity (Wildman–Crippen MR) is 90.5 cm³/mol. The van der Waals surface area contributed by atoms with E-state index in [1.807, 2.05) is 11.8 Å². The summed E-state index contributed by atoms with van der Waals surface area (Å²) in [5, 5.41) is 5.07. The van der Waals surface area contributed by atoms with Gasteiger partial charge in [0.05, 0.1) is 16.9 Å². The van der Waals surface area contributed by atoms with Crippen molar-refractivity contribution in [2.45, 2.75) is 10.5 Å². The fourth-order valence-electron chi connectivity index (χ4n) is 2.98. The maximum absolute atomic E-state index is 5.40. The van der Waals surface area contributed by atoms with Crippen LogP contribution in [0.5, 0.6) is 0 Å². The zero-order valence-electron chi connectivity index (χ0n) is 11.3. The average molecular weight is 360 g/mol. The number of thioether (sulfide) groups is 1. The molecule has 2 nitrogen and oxygen atoms in total. The van der Waals surface area contributed by atoms with Gasteiger partial charge in [-0.2, -0.15) is 0 Å². The third-order valence-corrected chi connectivity index (χ3v) is 6.23. The molecule has 2 aliphatic heterocycles. The Morgan fingerprint density at radius 1 is 1.00 bits per heavy atom. The van der Waals surface area contributed by atoms with Crippen molar-refractivity contribution >= 4 is 33.4 Å². The van der Waals surface area contributed by atoms with Crippen LogP contribution in [0.25, 0.3) is 0 Å². The largest absolute Gasteiger partial charge is 0.395 e. The van der Waals surface area contributed by atoms with E-state index in [1.54, 1.807) is 0 Å². The van der Waals surface area contributed by atoms with Crippen LogP contribution >= 0.6 is 27.7 Å². The number of rotatable bonds is 2. The highest BCUT2D eigenvalue weighted by Gasteiger charge is 2.45. The molecule has 2 aromatic rings. The Morgan fingerprint density at radius 3 is 2.52 bits per heavy atom. The number of oxime groups is 1. The van der Waals surface area contributed by atoms with Gasteiger partial charge in [0.2, 0.25) is 0 Å². The molecular formula is C17H14BrNOS. The Hall–Kier alpha value is -1.26. The van der Waals surface area contributed by atoms with Gasteiger partial charge in [0.15, 0.2) is 0 Å². The summed E-state index contributed by atoms with van der Waals surface area (Å²) in [6.45, 7) is 0.703. The van der Waals surface area contributed by atoms with E-state index in [9.17, 15) is 0 Å². The van der Waals surface area contributed by atoms with Crippen LogP contribution in [0.15, 0.2) is 64.2 Å². The minimum atomic E-state index is 0.302.